The maximum atomic E-state index is 10.3. The van der Waals surface area contributed by atoms with Crippen LogP contribution in [0, 0.1) is 5.92 Å². The van der Waals surface area contributed by atoms with E-state index in [9.17, 15) is 5.11 Å². The van der Waals surface area contributed by atoms with E-state index in [4.69, 9.17) is 5.73 Å². The molecule has 2 aliphatic carbocycles. The van der Waals surface area contributed by atoms with Crippen LogP contribution in [0.5, 0.6) is 0 Å². The first-order chi connectivity index (χ1) is 6.22. The van der Waals surface area contributed by atoms with Crippen LogP contribution >= 0.6 is 0 Å². The molecule has 1 atom stereocenters. The van der Waals surface area contributed by atoms with E-state index in [2.05, 4.69) is 0 Å². The highest BCUT2D eigenvalue weighted by molar-refractivity contribution is 4.97. The lowest BCUT2D eigenvalue weighted by atomic mass is 9.83. The third-order valence-corrected chi connectivity index (χ3v) is 4.00. The molecule has 3 N–H and O–H groups in total. The highest BCUT2D eigenvalue weighted by Crippen LogP contribution is 2.38. The van der Waals surface area contributed by atoms with Crippen LogP contribution in [-0.2, 0) is 0 Å². The van der Waals surface area contributed by atoms with E-state index in [0.717, 1.165) is 25.7 Å². The van der Waals surface area contributed by atoms with Crippen LogP contribution in [0.2, 0.25) is 0 Å². The molecule has 0 aromatic heterocycles. The van der Waals surface area contributed by atoms with Gasteiger partial charge in [0.25, 0.3) is 0 Å². The summed E-state index contributed by atoms with van der Waals surface area (Å²) in [4.78, 5) is 0. The van der Waals surface area contributed by atoms with Crippen LogP contribution < -0.4 is 5.73 Å². The predicted octanol–water partition coefficient (Wildman–Crippen LogP) is 1.81. The van der Waals surface area contributed by atoms with E-state index >= 15 is 0 Å². The van der Waals surface area contributed by atoms with Gasteiger partial charge in [-0.1, -0.05) is 25.7 Å². The SMILES string of the molecule is NC(C1CCCC1)C1(O)CCCC1. The summed E-state index contributed by atoms with van der Waals surface area (Å²) in [5.41, 5.74) is 5.66. The second-order valence-electron chi connectivity index (χ2n) is 4.88. The first-order valence-corrected chi connectivity index (χ1v) is 5.70. The van der Waals surface area contributed by atoms with Gasteiger partial charge in [0.15, 0.2) is 0 Å². The van der Waals surface area contributed by atoms with E-state index < -0.39 is 5.60 Å². The smallest absolute Gasteiger partial charge is 0.0800 e. The Morgan fingerprint density at radius 1 is 1.08 bits per heavy atom. The zero-order valence-corrected chi connectivity index (χ0v) is 8.34. The standard InChI is InChI=1S/C11H21NO/c12-10(9-5-1-2-6-9)11(13)7-3-4-8-11/h9-10,13H,1-8,12H2. The van der Waals surface area contributed by atoms with E-state index in [-0.39, 0.29) is 6.04 Å². The summed E-state index contributed by atoms with van der Waals surface area (Å²) in [6.45, 7) is 0. The monoisotopic (exact) mass is 183 g/mol. The molecule has 0 spiro atoms. The van der Waals surface area contributed by atoms with Gasteiger partial charge in [-0.3, -0.25) is 0 Å². The molecule has 2 nitrogen and oxygen atoms in total. The van der Waals surface area contributed by atoms with E-state index in [1.165, 1.54) is 25.7 Å². The highest BCUT2D eigenvalue weighted by Gasteiger charge is 2.41. The molecule has 0 radical (unpaired) electrons. The van der Waals surface area contributed by atoms with Crippen LogP contribution in [0.25, 0.3) is 0 Å². The van der Waals surface area contributed by atoms with Crippen LogP contribution in [-0.4, -0.2) is 16.7 Å². The second-order valence-corrected chi connectivity index (χ2v) is 4.88. The molecule has 0 heterocycles. The van der Waals surface area contributed by atoms with Gasteiger partial charge in [0, 0.05) is 6.04 Å². The average molecular weight is 183 g/mol. The third-order valence-electron chi connectivity index (χ3n) is 4.00. The van der Waals surface area contributed by atoms with Gasteiger partial charge in [0.05, 0.1) is 5.60 Å². The van der Waals surface area contributed by atoms with Crippen molar-refractivity contribution in [3.63, 3.8) is 0 Å². The van der Waals surface area contributed by atoms with E-state index in [0.29, 0.717) is 5.92 Å². The lowest BCUT2D eigenvalue weighted by Crippen LogP contribution is -2.49. The molecule has 2 saturated carbocycles. The zero-order chi connectivity index (χ0) is 9.31. The van der Waals surface area contributed by atoms with Crippen LogP contribution in [0.15, 0.2) is 0 Å². The molecule has 2 fully saturated rings. The summed E-state index contributed by atoms with van der Waals surface area (Å²) in [6, 6.07) is 0.0532. The van der Waals surface area contributed by atoms with Crippen LogP contribution in [0.3, 0.4) is 0 Å². The fourth-order valence-corrected chi connectivity index (χ4v) is 3.08. The van der Waals surface area contributed by atoms with Crippen molar-refractivity contribution in [2.45, 2.75) is 63.0 Å². The van der Waals surface area contributed by atoms with Gasteiger partial charge in [-0.2, -0.15) is 0 Å². The van der Waals surface area contributed by atoms with Crippen molar-refractivity contribution in [1.29, 1.82) is 0 Å². The van der Waals surface area contributed by atoms with Crippen LogP contribution in [0.4, 0.5) is 0 Å². The molecule has 2 aliphatic rings. The summed E-state index contributed by atoms with van der Waals surface area (Å²) in [5, 5.41) is 10.3. The zero-order valence-electron chi connectivity index (χ0n) is 8.34. The maximum Gasteiger partial charge on any atom is 0.0800 e. The molecule has 2 rings (SSSR count). The van der Waals surface area contributed by atoms with E-state index in [1.54, 1.807) is 0 Å². The minimum absolute atomic E-state index is 0.0532. The summed E-state index contributed by atoms with van der Waals surface area (Å²) in [7, 11) is 0. The molecule has 1 unspecified atom stereocenters. The minimum atomic E-state index is -0.505. The molecule has 76 valence electrons. The fourth-order valence-electron chi connectivity index (χ4n) is 3.08. The summed E-state index contributed by atoms with van der Waals surface area (Å²) in [6.07, 6.45) is 9.30. The number of aliphatic hydroxyl groups is 1. The number of nitrogens with two attached hydrogens (primary N) is 1. The largest absolute Gasteiger partial charge is 0.388 e. The Morgan fingerprint density at radius 2 is 1.62 bits per heavy atom. The highest BCUT2D eigenvalue weighted by atomic mass is 16.3. The molecule has 0 bridgehead atoms. The van der Waals surface area contributed by atoms with Crippen molar-refractivity contribution in [3.8, 4) is 0 Å². The van der Waals surface area contributed by atoms with Gasteiger partial charge in [0.1, 0.15) is 0 Å². The summed E-state index contributed by atoms with van der Waals surface area (Å²) < 4.78 is 0. The van der Waals surface area contributed by atoms with Crippen LogP contribution in [0.1, 0.15) is 51.4 Å². The lowest BCUT2D eigenvalue weighted by molar-refractivity contribution is 0.00228. The van der Waals surface area contributed by atoms with Gasteiger partial charge in [-0.05, 0) is 31.6 Å². The molecule has 2 heteroatoms. The third kappa shape index (κ3) is 1.75. The first kappa shape index (κ1) is 9.47. The molecule has 13 heavy (non-hydrogen) atoms. The van der Waals surface area contributed by atoms with Gasteiger partial charge in [-0.15, -0.1) is 0 Å². The quantitative estimate of drug-likeness (QED) is 0.686. The fraction of sp³-hybridized carbons (Fsp3) is 1.00. The van der Waals surface area contributed by atoms with Gasteiger partial charge in [0.2, 0.25) is 0 Å². The Kier molecular flexibility index (Phi) is 2.61. The van der Waals surface area contributed by atoms with Gasteiger partial charge < -0.3 is 10.8 Å². The molecule has 0 aromatic rings. The van der Waals surface area contributed by atoms with Crippen molar-refractivity contribution >= 4 is 0 Å². The Balaban J connectivity index is 1.97. The maximum absolute atomic E-state index is 10.3. The van der Waals surface area contributed by atoms with Crippen molar-refractivity contribution < 1.29 is 5.11 Å². The summed E-state index contributed by atoms with van der Waals surface area (Å²) in [5.74, 6) is 0.600. The van der Waals surface area contributed by atoms with Crippen molar-refractivity contribution in [3.05, 3.63) is 0 Å². The van der Waals surface area contributed by atoms with Crippen molar-refractivity contribution in [1.82, 2.24) is 0 Å². The molecule has 0 amide bonds. The Morgan fingerprint density at radius 3 is 2.15 bits per heavy atom. The number of rotatable bonds is 2. The van der Waals surface area contributed by atoms with Crippen molar-refractivity contribution in [2.75, 3.05) is 0 Å². The number of hydrogen-bond acceptors (Lipinski definition) is 2. The summed E-state index contributed by atoms with van der Waals surface area (Å²) >= 11 is 0. The lowest BCUT2D eigenvalue weighted by Gasteiger charge is -2.33. The second kappa shape index (κ2) is 3.58. The Labute approximate surface area is 80.5 Å². The topological polar surface area (TPSA) is 46.2 Å². The van der Waals surface area contributed by atoms with Crippen molar-refractivity contribution in [2.24, 2.45) is 11.7 Å². The normalized spacial score (nSPS) is 30.9. The first-order valence-electron chi connectivity index (χ1n) is 5.70. The predicted molar refractivity (Wildman–Crippen MR) is 53.4 cm³/mol. The Hall–Kier alpha value is -0.0800. The molecule has 0 aliphatic heterocycles. The minimum Gasteiger partial charge on any atom is -0.388 e. The molecular weight excluding hydrogens is 162 g/mol. The van der Waals surface area contributed by atoms with E-state index in [1.807, 2.05) is 0 Å². The van der Waals surface area contributed by atoms with Gasteiger partial charge >= 0.3 is 0 Å². The molecular formula is C11H21NO. The average Bonchev–Trinajstić information content (AvgIpc) is 2.73. The van der Waals surface area contributed by atoms with Gasteiger partial charge in [-0.25, -0.2) is 0 Å². The molecule has 0 saturated heterocycles. The number of hydrogen-bond donors (Lipinski definition) is 2. The molecule has 0 aromatic carbocycles. The Bertz CT molecular complexity index is 169.